The molecule has 0 aliphatic heterocycles. The molecule has 0 bridgehead atoms. The van der Waals surface area contributed by atoms with E-state index in [0.29, 0.717) is 16.9 Å². The lowest BCUT2D eigenvalue weighted by molar-refractivity contribution is 0.306. The molecular weight excluding hydrogens is 281 g/mol. The van der Waals surface area contributed by atoms with Gasteiger partial charge in [0.05, 0.1) is 0 Å². The molecule has 19 heavy (non-hydrogen) atoms. The third kappa shape index (κ3) is 4.12. The van der Waals surface area contributed by atoms with Gasteiger partial charge in [0.25, 0.3) is 0 Å². The zero-order chi connectivity index (χ0) is 13.7. The summed E-state index contributed by atoms with van der Waals surface area (Å²) in [6, 6.07) is 11.6. The van der Waals surface area contributed by atoms with Crippen molar-refractivity contribution >= 4 is 23.2 Å². The number of rotatable bonds is 5. The van der Waals surface area contributed by atoms with Crippen molar-refractivity contribution in [2.24, 2.45) is 0 Å². The molecule has 1 aromatic heterocycles. The quantitative estimate of drug-likeness (QED) is 0.731. The monoisotopic (exact) mass is 295 g/mol. The highest BCUT2D eigenvalue weighted by molar-refractivity contribution is 6.32. The van der Waals surface area contributed by atoms with Crippen molar-refractivity contribution in [2.75, 3.05) is 0 Å². The topological polar surface area (TPSA) is 22.1 Å². The van der Waals surface area contributed by atoms with Crippen LogP contribution < -0.4 is 4.74 Å². The average Bonchev–Trinajstić information content (AvgIpc) is 2.40. The number of benzene rings is 1. The molecule has 0 saturated heterocycles. The molecule has 0 N–H and O–H groups in total. The van der Waals surface area contributed by atoms with Gasteiger partial charge < -0.3 is 4.74 Å². The van der Waals surface area contributed by atoms with Gasteiger partial charge in [0, 0.05) is 5.56 Å². The Balaban J connectivity index is 1.98. The van der Waals surface area contributed by atoms with Gasteiger partial charge in [-0.2, -0.15) is 0 Å². The van der Waals surface area contributed by atoms with Crippen LogP contribution in [-0.2, 0) is 13.0 Å². The predicted molar refractivity (Wildman–Crippen MR) is 79.0 cm³/mol. The van der Waals surface area contributed by atoms with E-state index in [2.05, 4.69) is 24.0 Å². The first-order valence-electron chi connectivity index (χ1n) is 6.21. The minimum Gasteiger partial charge on any atom is -0.489 e. The minimum absolute atomic E-state index is 0.384. The first kappa shape index (κ1) is 14.2. The predicted octanol–water partition coefficient (Wildman–Crippen LogP) is 4.92. The van der Waals surface area contributed by atoms with Crippen LogP contribution in [0.25, 0.3) is 0 Å². The van der Waals surface area contributed by atoms with Crippen LogP contribution >= 0.6 is 23.2 Å². The molecule has 0 aliphatic carbocycles. The maximum atomic E-state index is 5.99. The van der Waals surface area contributed by atoms with E-state index in [4.69, 9.17) is 27.9 Å². The standard InChI is InChI=1S/C15H15Cl2NO/c1-2-3-11-4-7-13(8-5-11)19-10-12-6-9-14(16)18-15(12)17/h4-9H,2-3,10H2,1H3. The summed E-state index contributed by atoms with van der Waals surface area (Å²) in [6.07, 6.45) is 2.24. The third-order valence-electron chi connectivity index (χ3n) is 2.75. The molecule has 0 amide bonds. The molecule has 0 atom stereocenters. The Labute approximate surface area is 123 Å². The van der Waals surface area contributed by atoms with Crippen LogP contribution in [0.1, 0.15) is 24.5 Å². The summed E-state index contributed by atoms with van der Waals surface area (Å²) in [5, 5.41) is 0.771. The van der Waals surface area contributed by atoms with Crippen LogP contribution in [-0.4, -0.2) is 4.98 Å². The SMILES string of the molecule is CCCc1ccc(OCc2ccc(Cl)nc2Cl)cc1. The van der Waals surface area contributed by atoms with Gasteiger partial charge >= 0.3 is 0 Å². The first-order chi connectivity index (χ1) is 9.19. The number of halogens is 2. The molecule has 1 aromatic carbocycles. The van der Waals surface area contributed by atoms with Gasteiger partial charge in [-0.15, -0.1) is 0 Å². The molecule has 2 nitrogen and oxygen atoms in total. The molecule has 2 aromatic rings. The third-order valence-corrected chi connectivity index (χ3v) is 3.29. The average molecular weight is 296 g/mol. The Hall–Kier alpha value is -1.25. The van der Waals surface area contributed by atoms with Gasteiger partial charge in [-0.3, -0.25) is 0 Å². The highest BCUT2D eigenvalue weighted by atomic mass is 35.5. The van der Waals surface area contributed by atoms with Gasteiger partial charge in [0.2, 0.25) is 0 Å². The number of hydrogen-bond donors (Lipinski definition) is 0. The smallest absolute Gasteiger partial charge is 0.137 e. The van der Waals surface area contributed by atoms with E-state index in [1.54, 1.807) is 6.07 Å². The van der Waals surface area contributed by atoms with Gasteiger partial charge in [0.1, 0.15) is 22.7 Å². The number of ether oxygens (including phenoxy) is 1. The van der Waals surface area contributed by atoms with Gasteiger partial charge in [-0.25, -0.2) is 4.98 Å². The fourth-order valence-electron chi connectivity index (χ4n) is 1.75. The fourth-order valence-corrected chi connectivity index (χ4v) is 2.15. The molecule has 4 heteroatoms. The highest BCUT2D eigenvalue weighted by Gasteiger charge is 2.04. The summed E-state index contributed by atoms with van der Waals surface area (Å²) in [6.45, 7) is 2.55. The van der Waals surface area contributed by atoms with E-state index in [-0.39, 0.29) is 0 Å². The van der Waals surface area contributed by atoms with Crippen molar-refractivity contribution in [2.45, 2.75) is 26.4 Å². The molecule has 0 radical (unpaired) electrons. The second-order valence-corrected chi connectivity index (χ2v) is 5.01. The number of nitrogens with zero attached hydrogens (tertiary/aromatic N) is 1. The van der Waals surface area contributed by atoms with Crippen LogP contribution in [0.3, 0.4) is 0 Å². The summed E-state index contributed by atoms with van der Waals surface area (Å²) >= 11 is 11.7. The van der Waals surface area contributed by atoms with Crippen LogP contribution in [0, 0.1) is 0 Å². The van der Waals surface area contributed by atoms with Crippen molar-refractivity contribution in [1.82, 2.24) is 4.98 Å². The maximum absolute atomic E-state index is 5.99. The summed E-state index contributed by atoms with van der Waals surface area (Å²) in [5.74, 6) is 0.825. The van der Waals surface area contributed by atoms with Crippen molar-refractivity contribution in [1.29, 1.82) is 0 Å². The maximum Gasteiger partial charge on any atom is 0.137 e. The molecule has 0 spiro atoms. The lowest BCUT2D eigenvalue weighted by Gasteiger charge is -2.08. The molecule has 1 heterocycles. The molecule has 2 rings (SSSR count). The number of aryl methyl sites for hydroxylation is 1. The van der Waals surface area contributed by atoms with Gasteiger partial charge in [-0.1, -0.05) is 48.7 Å². The van der Waals surface area contributed by atoms with E-state index in [0.717, 1.165) is 24.2 Å². The molecule has 0 fully saturated rings. The Kier molecular flexibility index (Phi) is 5.06. The van der Waals surface area contributed by atoms with Gasteiger partial charge in [0.15, 0.2) is 0 Å². The van der Waals surface area contributed by atoms with Crippen LogP contribution in [0.2, 0.25) is 10.3 Å². The normalized spacial score (nSPS) is 10.5. The zero-order valence-corrected chi connectivity index (χ0v) is 12.2. The Morgan fingerprint density at radius 2 is 1.79 bits per heavy atom. The van der Waals surface area contributed by atoms with Crippen molar-refractivity contribution < 1.29 is 4.74 Å². The summed E-state index contributed by atoms with van der Waals surface area (Å²) in [5.41, 5.74) is 2.14. The van der Waals surface area contributed by atoms with Gasteiger partial charge in [-0.05, 0) is 36.2 Å². The Morgan fingerprint density at radius 3 is 2.42 bits per heavy atom. The van der Waals surface area contributed by atoms with Crippen LogP contribution in [0.15, 0.2) is 36.4 Å². The first-order valence-corrected chi connectivity index (χ1v) is 6.97. The second kappa shape index (κ2) is 6.78. The Morgan fingerprint density at radius 1 is 1.05 bits per heavy atom. The van der Waals surface area contributed by atoms with Crippen LogP contribution in [0.5, 0.6) is 5.75 Å². The summed E-state index contributed by atoms with van der Waals surface area (Å²) < 4.78 is 5.68. The van der Waals surface area contributed by atoms with E-state index in [1.807, 2.05) is 18.2 Å². The van der Waals surface area contributed by atoms with E-state index in [1.165, 1.54) is 5.56 Å². The van der Waals surface area contributed by atoms with Crippen molar-refractivity contribution in [3.05, 3.63) is 57.8 Å². The fraction of sp³-hybridized carbons (Fsp3) is 0.267. The number of aromatic nitrogens is 1. The molecule has 100 valence electrons. The molecule has 0 aliphatic rings. The van der Waals surface area contributed by atoms with E-state index >= 15 is 0 Å². The summed E-state index contributed by atoms with van der Waals surface area (Å²) in [4.78, 5) is 3.98. The van der Waals surface area contributed by atoms with Crippen LogP contribution in [0.4, 0.5) is 0 Å². The zero-order valence-electron chi connectivity index (χ0n) is 10.7. The molecule has 0 unspecified atom stereocenters. The Bertz CT molecular complexity index is 540. The van der Waals surface area contributed by atoms with Crippen molar-refractivity contribution in [3.63, 3.8) is 0 Å². The summed E-state index contributed by atoms with van der Waals surface area (Å²) in [7, 11) is 0. The second-order valence-electron chi connectivity index (χ2n) is 4.27. The lowest BCUT2D eigenvalue weighted by atomic mass is 10.1. The lowest BCUT2D eigenvalue weighted by Crippen LogP contribution is -1.97. The minimum atomic E-state index is 0.384. The largest absolute Gasteiger partial charge is 0.489 e. The number of pyridine rings is 1. The highest BCUT2D eigenvalue weighted by Crippen LogP contribution is 2.20. The molecular formula is C15H15Cl2NO. The number of hydrogen-bond acceptors (Lipinski definition) is 2. The van der Waals surface area contributed by atoms with E-state index in [9.17, 15) is 0 Å². The van der Waals surface area contributed by atoms with E-state index < -0.39 is 0 Å². The molecule has 0 saturated carbocycles. The van der Waals surface area contributed by atoms with Crippen molar-refractivity contribution in [3.8, 4) is 5.75 Å².